The number of hydrogen-bond donors (Lipinski definition) is 3. The van der Waals surface area contributed by atoms with E-state index in [1.165, 1.54) is 0 Å². The molecule has 0 aromatic heterocycles. The molecule has 1 unspecified atom stereocenters. The number of amides is 2. The fourth-order valence-corrected chi connectivity index (χ4v) is 3.42. The summed E-state index contributed by atoms with van der Waals surface area (Å²) in [6.07, 6.45) is 4.19. The van der Waals surface area contributed by atoms with Crippen LogP contribution >= 0.6 is 0 Å². The number of nitrogens with zero attached hydrogens (tertiary/aromatic N) is 1. The van der Waals surface area contributed by atoms with Crippen LogP contribution < -0.4 is 16.1 Å². The van der Waals surface area contributed by atoms with Crippen molar-refractivity contribution < 1.29 is 19.2 Å². The van der Waals surface area contributed by atoms with Crippen LogP contribution in [0.2, 0.25) is 0 Å². The summed E-state index contributed by atoms with van der Waals surface area (Å²) < 4.78 is 5.40. The molecule has 1 heterocycles. The van der Waals surface area contributed by atoms with Gasteiger partial charge >= 0.3 is 6.09 Å². The lowest BCUT2D eigenvalue weighted by Gasteiger charge is -2.32. The van der Waals surface area contributed by atoms with Crippen molar-refractivity contribution in [1.82, 2.24) is 21.0 Å². The summed E-state index contributed by atoms with van der Waals surface area (Å²) in [5.41, 5.74) is 4.04. The Morgan fingerprint density at radius 2 is 1.88 bits per heavy atom. The van der Waals surface area contributed by atoms with E-state index in [0.717, 1.165) is 37.7 Å². The molecule has 1 fully saturated rings. The SMILES string of the molecule is CCCCON[C@H](CC)CNC(C)C(=O)NC1CCN(C(=O)OCc2ccccc2)CC1. The number of benzene rings is 1. The summed E-state index contributed by atoms with van der Waals surface area (Å²) >= 11 is 0. The van der Waals surface area contributed by atoms with Gasteiger partial charge in [-0.1, -0.05) is 50.6 Å². The second kappa shape index (κ2) is 14.8. The minimum Gasteiger partial charge on any atom is -0.445 e. The Labute approximate surface area is 192 Å². The van der Waals surface area contributed by atoms with Gasteiger partial charge in [-0.2, -0.15) is 5.48 Å². The third kappa shape index (κ3) is 9.54. The van der Waals surface area contributed by atoms with Gasteiger partial charge < -0.3 is 25.1 Å². The summed E-state index contributed by atoms with van der Waals surface area (Å²) in [5.74, 6) is -0.0168. The average Bonchev–Trinajstić information content (AvgIpc) is 2.83. The maximum Gasteiger partial charge on any atom is 0.410 e. The second-order valence-electron chi connectivity index (χ2n) is 8.37. The topological polar surface area (TPSA) is 91.9 Å². The molecule has 1 aromatic rings. The molecular weight excluding hydrogens is 408 g/mol. The van der Waals surface area contributed by atoms with Crippen molar-refractivity contribution in [3.8, 4) is 0 Å². The maximum atomic E-state index is 12.6. The summed E-state index contributed by atoms with van der Waals surface area (Å²) in [4.78, 5) is 32.0. The molecule has 8 heteroatoms. The standard InChI is InChI=1S/C24H40N4O4/c1-4-6-16-32-27-21(5-2)17-25-19(3)23(29)26-22-12-14-28(15-13-22)24(30)31-18-20-10-8-7-9-11-20/h7-11,19,21-22,25,27H,4-6,12-18H2,1-3H3,(H,26,29)/t19?,21-/m1/s1. The van der Waals surface area contributed by atoms with Crippen LogP contribution in [0.1, 0.15) is 58.4 Å². The monoisotopic (exact) mass is 448 g/mol. The molecule has 1 aliphatic heterocycles. The number of likely N-dealkylation sites (tertiary alicyclic amines) is 1. The number of rotatable bonds is 13. The molecule has 1 saturated heterocycles. The van der Waals surface area contributed by atoms with E-state index in [4.69, 9.17) is 9.57 Å². The molecule has 3 N–H and O–H groups in total. The number of carbonyl (C=O) groups is 2. The lowest BCUT2D eigenvalue weighted by molar-refractivity contribution is -0.123. The number of carbonyl (C=O) groups excluding carboxylic acids is 2. The van der Waals surface area contributed by atoms with E-state index in [1.807, 2.05) is 37.3 Å². The van der Waals surface area contributed by atoms with Gasteiger partial charge in [0.15, 0.2) is 0 Å². The quantitative estimate of drug-likeness (QED) is 0.317. The first kappa shape index (κ1) is 26.1. The van der Waals surface area contributed by atoms with E-state index < -0.39 is 0 Å². The van der Waals surface area contributed by atoms with Crippen LogP contribution in [0.3, 0.4) is 0 Å². The van der Waals surface area contributed by atoms with Crippen LogP contribution in [0, 0.1) is 0 Å². The zero-order valence-corrected chi connectivity index (χ0v) is 19.8. The Morgan fingerprint density at radius 3 is 2.53 bits per heavy atom. The molecule has 8 nitrogen and oxygen atoms in total. The predicted molar refractivity (Wildman–Crippen MR) is 125 cm³/mol. The van der Waals surface area contributed by atoms with E-state index in [9.17, 15) is 9.59 Å². The van der Waals surface area contributed by atoms with E-state index in [2.05, 4.69) is 30.0 Å². The fraction of sp³-hybridized carbons (Fsp3) is 0.667. The van der Waals surface area contributed by atoms with Gasteiger partial charge in [-0.15, -0.1) is 0 Å². The highest BCUT2D eigenvalue weighted by atomic mass is 16.6. The minimum atomic E-state index is -0.298. The van der Waals surface area contributed by atoms with Crippen molar-refractivity contribution in [2.45, 2.75) is 77.6 Å². The van der Waals surface area contributed by atoms with Crippen molar-refractivity contribution in [3.63, 3.8) is 0 Å². The molecule has 0 aliphatic carbocycles. The summed E-state index contributed by atoms with van der Waals surface area (Å²) in [5, 5.41) is 6.39. The molecule has 2 rings (SSSR count). The molecule has 32 heavy (non-hydrogen) atoms. The Morgan fingerprint density at radius 1 is 1.16 bits per heavy atom. The van der Waals surface area contributed by atoms with Gasteiger partial charge in [0.2, 0.25) is 5.91 Å². The molecule has 1 aromatic carbocycles. The van der Waals surface area contributed by atoms with Gasteiger partial charge in [0.25, 0.3) is 0 Å². The first-order chi connectivity index (χ1) is 15.5. The zero-order valence-electron chi connectivity index (χ0n) is 19.8. The first-order valence-electron chi connectivity index (χ1n) is 11.9. The van der Waals surface area contributed by atoms with E-state index in [1.54, 1.807) is 4.90 Å². The van der Waals surface area contributed by atoms with Gasteiger partial charge in [-0.05, 0) is 38.2 Å². The predicted octanol–water partition coefficient (Wildman–Crippen LogP) is 2.98. The minimum absolute atomic E-state index is 0.0168. The smallest absolute Gasteiger partial charge is 0.410 e. The first-order valence-corrected chi connectivity index (χ1v) is 11.9. The highest BCUT2D eigenvalue weighted by Crippen LogP contribution is 2.13. The Hall–Kier alpha value is -2.16. The molecular formula is C24H40N4O4. The van der Waals surface area contributed by atoms with Gasteiger partial charge in [0, 0.05) is 31.7 Å². The third-order valence-corrected chi connectivity index (χ3v) is 5.71. The lowest BCUT2D eigenvalue weighted by atomic mass is 10.0. The van der Waals surface area contributed by atoms with Crippen LogP contribution in [-0.4, -0.2) is 61.3 Å². The van der Waals surface area contributed by atoms with Crippen molar-refractivity contribution in [2.24, 2.45) is 0 Å². The number of unbranched alkanes of at least 4 members (excludes halogenated alkanes) is 1. The molecule has 0 radical (unpaired) electrons. The highest BCUT2D eigenvalue weighted by Gasteiger charge is 2.26. The van der Waals surface area contributed by atoms with Gasteiger partial charge in [-0.3, -0.25) is 4.79 Å². The van der Waals surface area contributed by atoms with Crippen molar-refractivity contribution in [1.29, 1.82) is 0 Å². The summed E-state index contributed by atoms with van der Waals surface area (Å²) in [6.45, 7) is 8.88. The van der Waals surface area contributed by atoms with E-state index in [0.29, 0.717) is 26.2 Å². The zero-order chi connectivity index (χ0) is 23.2. The number of hydrogen-bond acceptors (Lipinski definition) is 6. The largest absolute Gasteiger partial charge is 0.445 e. The Kier molecular flexibility index (Phi) is 12.1. The molecule has 0 saturated carbocycles. The molecule has 0 spiro atoms. The number of piperidine rings is 1. The van der Waals surface area contributed by atoms with Crippen LogP contribution in [0.15, 0.2) is 30.3 Å². The molecule has 1 aliphatic rings. The van der Waals surface area contributed by atoms with E-state index in [-0.39, 0.29) is 36.7 Å². The van der Waals surface area contributed by atoms with Gasteiger partial charge in [0.05, 0.1) is 12.6 Å². The molecule has 2 amide bonds. The van der Waals surface area contributed by atoms with Gasteiger partial charge in [0.1, 0.15) is 6.61 Å². The normalized spacial score (nSPS) is 16.4. The van der Waals surface area contributed by atoms with Crippen molar-refractivity contribution in [3.05, 3.63) is 35.9 Å². The maximum absolute atomic E-state index is 12.6. The highest BCUT2D eigenvalue weighted by molar-refractivity contribution is 5.81. The van der Waals surface area contributed by atoms with Crippen LogP contribution in [-0.2, 0) is 21.0 Å². The van der Waals surface area contributed by atoms with E-state index >= 15 is 0 Å². The van der Waals surface area contributed by atoms with Gasteiger partial charge in [-0.25, -0.2) is 4.79 Å². The van der Waals surface area contributed by atoms with Crippen LogP contribution in [0.5, 0.6) is 0 Å². The average molecular weight is 449 g/mol. The second-order valence-corrected chi connectivity index (χ2v) is 8.37. The Balaban J connectivity index is 1.63. The van der Waals surface area contributed by atoms with Crippen molar-refractivity contribution >= 4 is 12.0 Å². The van der Waals surface area contributed by atoms with Crippen LogP contribution in [0.4, 0.5) is 4.79 Å². The fourth-order valence-electron chi connectivity index (χ4n) is 3.42. The molecule has 0 bridgehead atoms. The Bertz CT molecular complexity index is 665. The van der Waals surface area contributed by atoms with Crippen molar-refractivity contribution in [2.75, 3.05) is 26.2 Å². The number of nitrogens with one attached hydrogen (secondary N) is 3. The molecule has 2 atom stereocenters. The lowest BCUT2D eigenvalue weighted by Crippen LogP contribution is -2.52. The van der Waals surface area contributed by atoms with Crippen LogP contribution in [0.25, 0.3) is 0 Å². The third-order valence-electron chi connectivity index (χ3n) is 5.71. The number of ether oxygens (including phenoxy) is 1. The number of hydroxylamine groups is 1. The summed E-state index contributed by atoms with van der Waals surface area (Å²) in [7, 11) is 0. The molecule has 180 valence electrons. The summed E-state index contributed by atoms with van der Waals surface area (Å²) in [6, 6.07) is 9.58.